The van der Waals surface area contributed by atoms with Crippen LogP contribution in [0, 0.1) is 0 Å². The van der Waals surface area contributed by atoms with E-state index in [0.717, 1.165) is 18.4 Å². The van der Waals surface area contributed by atoms with Crippen molar-refractivity contribution in [2.24, 2.45) is 0 Å². The number of hydrogen-bond donors (Lipinski definition) is 2. The second kappa shape index (κ2) is 7.67. The summed E-state index contributed by atoms with van der Waals surface area (Å²) in [6.07, 6.45) is 3.11. The molecule has 0 aliphatic carbocycles. The average Bonchev–Trinajstić information content (AvgIpc) is 2.65. The zero-order chi connectivity index (χ0) is 20.4. The molecule has 148 valence electrons. The van der Waals surface area contributed by atoms with Crippen molar-refractivity contribution >= 4 is 21.6 Å². The first-order valence-corrected chi connectivity index (χ1v) is 10.5. The maximum absolute atomic E-state index is 12.9. The van der Waals surface area contributed by atoms with E-state index in [1.807, 2.05) is 13.8 Å². The fourth-order valence-electron chi connectivity index (χ4n) is 3.04. The Morgan fingerprint density at radius 1 is 1.25 bits per heavy atom. The summed E-state index contributed by atoms with van der Waals surface area (Å²) < 4.78 is 34.3. The predicted octanol–water partition coefficient (Wildman–Crippen LogP) is 3.51. The second-order valence-electron chi connectivity index (χ2n) is 7.28. The molecule has 1 heterocycles. The van der Waals surface area contributed by atoms with Crippen LogP contribution in [0.4, 0.5) is 5.69 Å². The number of rotatable bonds is 6. The van der Waals surface area contributed by atoms with Crippen LogP contribution in [0.25, 0.3) is 0 Å². The zero-order valence-corrected chi connectivity index (χ0v) is 16.8. The molecule has 0 atom stereocenters. The first-order valence-electron chi connectivity index (χ1n) is 9.05. The number of fused-ring (bicyclic) bond motifs is 1. The monoisotopic (exact) mass is 400 g/mol. The van der Waals surface area contributed by atoms with Crippen LogP contribution < -0.4 is 14.8 Å². The summed E-state index contributed by atoms with van der Waals surface area (Å²) in [7, 11) is -3.86. The van der Waals surface area contributed by atoms with Crippen LogP contribution in [0.1, 0.15) is 36.2 Å². The highest BCUT2D eigenvalue weighted by Crippen LogP contribution is 2.34. The third-order valence-electron chi connectivity index (χ3n) is 4.55. The molecule has 3 rings (SSSR count). The van der Waals surface area contributed by atoms with Gasteiger partial charge in [-0.2, -0.15) is 0 Å². The van der Waals surface area contributed by atoms with Crippen molar-refractivity contribution in [2.45, 2.75) is 37.2 Å². The number of sulfonamides is 1. The van der Waals surface area contributed by atoms with Gasteiger partial charge in [0.15, 0.2) is 0 Å². The van der Waals surface area contributed by atoms with Gasteiger partial charge in [-0.05, 0) is 62.6 Å². The average molecular weight is 401 g/mol. The summed E-state index contributed by atoms with van der Waals surface area (Å²) in [5.41, 5.74) is 1.07. The van der Waals surface area contributed by atoms with E-state index < -0.39 is 10.0 Å². The molecule has 2 aromatic rings. The lowest BCUT2D eigenvalue weighted by atomic mass is 9.94. The van der Waals surface area contributed by atoms with Crippen LogP contribution in [-0.2, 0) is 16.4 Å². The molecule has 0 radical (unpaired) electrons. The molecule has 0 fully saturated rings. The SMILES string of the molecule is C=CCNC(=O)c1ccccc1NS(=O)(=O)c1ccc2c(c1)CCC(C)(C)O2. The quantitative estimate of drug-likeness (QED) is 0.727. The molecule has 2 aromatic carbocycles. The number of carbonyl (C=O) groups excluding carboxylic acids is 1. The minimum Gasteiger partial charge on any atom is -0.488 e. The standard InChI is InChI=1S/C21H24N2O4S/c1-4-13-22-20(24)17-7-5-6-8-18(17)23-28(25,26)16-9-10-19-15(14-16)11-12-21(2,3)27-19/h4-10,14,23H,1,11-13H2,2-3H3,(H,22,24). The Morgan fingerprint density at radius 3 is 2.75 bits per heavy atom. The van der Waals surface area contributed by atoms with Gasteiger partial charge in [-0.3, -0.25) is 9.52 Å². The van der Waals surface area contributed by atoms with Crippen molar-refractivity contribution in [1.82, 2.24) is 5.32 Å². The molecular weight excluding hydrogens is 376 g/mol. The molecule has 1 aliphatic heterocycles. The normalized spacial score (nSPS) is 15.1. The van der Waals surface area contributed by atoms with E-state index in [0.29, 0.717) is 12.3 Å². The highest BCUT2D eigenvalue weighted by Gasteiger charge is 2.28. The van der Waals surface area contributed by atoms with Crippen LogP contribution in [0.2, 0.25) is 0 Å². The molecule has 2 N–H and O–H groups in total. The fourth-order valence-corrected chi connectivity index (χ4v) is 4.17. The number of amides is 1. The smallest absolute Gasteiger partial charge is 0.261 e. The molecule has 0 unspecified atom stereocenters. The van der Waals surface area contributed by atoms with Crippen LogP contribution in [0.3, 0.4) is 0 Å². The Labute approximate surface area is 165 Å². The topological polar surface area (TPSA) is 84.5 Å². The molecule has 0 bridgehead atoms. The van der Waals surface area contributed by atoms with Gasteiger partial charge < -0.3 is 10.1 Å². The van der Waals surface area contributed by atoms with E-state index in [1.165, 1.54) is 6.07 Å². The Bertz CT molecular complexity index is 1010. The van der Waals surface area contributed by atoms with Crippen molar-refractivity contribution in [1.29, 1.82) is 0 Å². The Kier molecular flexibility index (Phi) is 5.47. The van der Waals surface area contributed by atoms with Crippen molar-refractivity contribution in [3.63, 3.8) is 0 Å². The third kappa shape index (κ3) is 4.36. The summed E-state index contributed by atoms with van der Waals surface area (Å²) in [4.78, 5) is 12.4. The number of benzene rings is 2. The molecule has 6 nitrogen and oxygen atoms in total. The van der Waals surface area contributed by atoms with Crippen molar-refractivity contribution in [3.05, 3.63) is 66.2 Å². The van der Waals surface area contributed by atoms with E-state index in [-0.39, 0.29) is 27.7 Å². The highest BCUT2D eigenvalue weighted by atomic mass is 32.2. The van der Waals surface area contributed by atoms with Crippen LogP contribution in [0.15, 0.2) is 60.0 Å². The van der Waals surface area contributed by atoms with Gasteiger partial charge in [0.2, 0.25) is 0 Å². The third-order valence-corrected chi connectivity index (χ3v) is 5.91. The van der Waals surface area contributed by atoms with Gasteiger partial charge in [0.1, 0.15) is 11.4 Å². The molecule has 1 aliphatic rings. The molecule has 1 amide bonds. The van der Waals surface area contributed by atoms with Gasteiger partial charge >= 0.3 is 0 Å². The Balaban J connectivity index is 1.88. The number of aryl methyl sites for hydroxylation is 1. The van der Waals surface area contributed by atoms with E-state index >= 15 is 0 Å². The van der Waals surface area contributed by atoms with Crippen LogP contribution >= 0.6 is 0 Å². The number of ether oxygens (including phenoxy) is 1. The van der Waals surface area contributed by atoms with Crippen molar-refractivity contribution in [2.75, 3.05) is 11.3 Å². The Hall–Kier alpha value is -2.80. The maximum atomic E-state index is 12.9. The zero-order valence-electron chi connectivity index (χ0n) is 16.0. The highest BCUT2D eigenvalue weighted by molar-refractivity contribution is 7.92. The lowest BCUT2D eigenvalue weighted by Crippen LogP contribution is -2.32. The van der Waals surface area contributed by atoms with Crippen LogP contribution in [0.5, 0.6) is 5.75 Å². The van der Waals surface area contributed by atoms with E-state index in [2.05, 4.69) is 16.6 Å². The van der Waals surface area contributed by atoms with Crippen molar-refractivity contribution in [3.8, 4) is 5.75 Å². The minimum atomic E-state index is -3.86. The van der Waals surface area contributed by atoms with Gasteiger partial charge in [0.05, 0.1) is 16.1 Å². The summed E-state index contributed by atoms with van der Waals surface area (Å²) in [5, 5.41) is 2.65. The van der Waals surface area contributed by atoms with Crippen molar-refractivity contribution < 1.29 is 17.9 Å². The summed E-state index contributed by atoms with van der Waals surface area (Å²) in [6.45, 7) is 7.87. The number of carbonyl (C=O) groups is 1. The molecule has 0 aromatic heterocycles. The molecular formula is C21H24N2O4S. The van der Waals surface area contributed by atoms with Gasteiger partial charge in [-0.15, -0.1) is 6.58 Å². The molecule has 0 spiro atoms. The lowest BCUT2D eigenvalue weighted by molar-refractivity contribution is 0.0845. The number of para-hydroxylation sites is 1. The number of hydrogen-bond acceptors (Lipinski definition) is 4. The largest absolute Gasteiger partial charge is 0.488 e. The second-order valence-corrected chi connectivity index (χ2v) is 8.96. The van der Waals surface area contributed by atoms with Gasteiger partial charge in [0.25, 0.3) is 15.9 Å². The predicted molar refractivity (Wildman–Crippen MR) is 109 cm³/mol. The van der Waals surface area contributed by atoms with Crippen LogP contribution in [-0.4, -0.2) is 26.5 Å². The lowest BCUT2D eigenvalue weighted by Gasteiger charge is -2.32. The van der Waals surface area contributed by atoms with Gasteiger partial charge in [-0.1, -0.05) is 18.2 Å². The maximum Gasteiger partial charge on any atom is 0.261 e. The number of nitrogens with one attached hydrogen (secondary N) is 2. The fraction of sp³-hybridized carbons (Fsp3) is 0.286. The first kappa shape index (κ1) is 19.9. The Morgan fingerprint density at radius 2 is 2.00 bits per heavy atom. The molecule has 7 heteroatoms. The van der Waals surface area contributed by atoms with E-state index in [4.69, 9.17) is 4.74 Å². The number of anilines is 1. The summed E-state index contributed by atoms with van der Waals surface area (Å²) in [5.74, 6) is 0.332. The minimum absolute atomic E-state index is 0.135. The molecule has 0 saturated carbocycles. The van der Waals surface area contributed by atoms with Gasteiger partial charge in [0, 0.05) is 6.54 Å². The molecule has 28 heavy (non-hydrogen) atoms. The van der Waals surface area contributed by atoms with E-state index in [1.54, 1.807) is 42.5 Å². The van der Waals surface area contributed by atoms with E-state index in [9.17, 15) is 13.2 Å². The summed E-state index contributed by atoms with van der Waals surface area (Å²) >= 11 is 0. The van der Waals surface area contributed by atoms with Gasteiger partial charge in [-0.25, -0.2) is 8.42 Å². The molecule has 0 saturated heterocycles. The first-order chi connectivity index (χ1) is 13.2. The summed E-state index contributed by atoms with van der Waals surface area (Å²) in [6, 6.07) is 11.3.